The number of benzene rings is 2. The second-order valence-corrected chi connectivity index (χ2v) is 8.11. The Kier molecular flexibility index (Phi) is 6.08. The molecule has 0 fully saturated rings. The van der Waals surface area contributed by atoms with E-state index in [1.165, 1.54) is 22.3 Å². The highest BCUT2D eigenvalue weighted by Crippen LogP contribution is 2.44. The second-order valence-electron chi connectivity index (χ2n) is 6.91. The summed E-state index contributed by atoms with van der Waals surface area (Å²) in [6.07, 6.45) is 4.34. The molecule has 1 aliphatic carbocycles. The maximum Gasteiger partial charge on any atom is 0.407 e. The molecule has 5 heteroatoms. The Balaban J connectivity index is 1.27. The largest absolute Gasteiger partial charge is 0.449 e. The molecular formula is C24H23NO3S. The SMILES string of the molecule is O=C(NCCC=Cc1ccc(CO)s1)OCC1c2ccccc2-c2ccccc21. The number of alkyl carbamates (subject to hydrolysis) is 1. The van der Waals surface area contributed by atoms with E-state index in [9.17, 15) is 4.79 Å². The molecule has 1 aliphatic rings. The van der Waals surface area contributed by atoms with E-state index in [-0.39, 0.29) is 18.6 Å². The van der Waals surface area contributed by atoms with Crippen LogP contribution in [-0.2, 0) is 11.3 Å². The quantitative estimate of drug-likeness (QED) is 0.532. The first-order valence-corrected chi connectivity index (χ1v) is 10.5. The zero-order valence-corrected chi connectivity index (χ0v) is 16.8. The normalized spacial score (nSPS) is 12.7. The monoisotopic (exact) mass is 405 g/mol. The fraction of sp³-hybridized carbons (Fsp3) is 0.208. The third-order valence-electron chi connectivity index (χ3n) is 5.04. The number of aliphatic hydroxyl groups is 1. The van der Waals surface area contributed by atoms with Crippen molar-refractivity contribution < 1.29 is 14.6 Å². The lowest BCUT2D eigenvalue weighted by molar-refractivity contribution is 0.143. The molecule has 29 heavy (non-hydrogen) atoms. The summed E-state index contributed by atoms with van der Waals surface area (Å²) >= 11 is 1.56. The Hall–Kier alpha value is -2.89. The first-order valence-electron chi connectivity index (χ1n) is 9.71. The Morgan fingerprint density at radius 1 is 1.03 bits per heavy atom. The summed E-state index contributed by atoms with van der Waals surface area (Å²) in [6, 6.07) is 20.5. The summed E-state index contributed by atoms with van der Waals surface area (Å²) in [5.41, 5.74) is 4.87. The van der Waals surface area contributed by atoms with Crippen molar-refractivity contribution in [3.63, 3.8) is 0 Å². The number of rotatable bonds is 7. The minimum absolute atomic E-state index is 0.0713. The minimum Gasteiger partial charge on any atom is -0.449 e. The first-order chi connectivity index (χ1) is 14.3. The van der Waals surface area contributed by atoms with Gasteiger partial charge in [-0.15, -0.1) is 11.3 Å². The zero-order chi connectivity index (χ0) is 20.1. The van der Waals surface area contributed by atoms with Crippen LogP contribution in [0.5, 0.6) is 0 Å². The number of fused-ring (bicyclic) bond motifs is 3. The van der Waals surface area contributed by atoms with Crippen molar-refractivity contribution in [2.75, 3.05) is 13.2 Å². The third kappa shape index (κ3) is 4.42. The van der Waals surface area contributed by atoms with Gasteiger partial charge >= 0.3 is 6.09 Å². The predicted octanol–water partition coefficient (Wildman–Crippen LogP) is 5.18. The number of carbonyl (C=O) groups excluding carboxylic acids is 1. The average molecular weight is 406 g/mol. The molecule has 1 heterocycles. The molecule has 2 N–H and O–H groups in total. The fourth-order valence-electron chi connectivity index (χ4n) is 3.68. The van der Waals surface area contributed by atoms with Gasteiger partial charge in [-0.3, -0.25) is 0 Å². The topological polar surface area (TPSA) is 58.6 Å². The number of hydrogen-bond acceptors (Lipinski definition) is 4. The van der Waals surface area contributed by atoms with Gasteiger partial charge in [0, 0.05) is 22.2 Å². The van der Waals surface area contributed by atoms with Crippen LogP contribution in [0.25, 0.3) is 17.2 Å². The van der Waals surface area contributed by atoms with Gasteiger partial charge in [0.2, 0.25) is 0 Å². The van der Waals surface area contributed by atoms with Crippen molar-refractivity contribution >= 4 is 23.5 Å². The molecule has 148 valence electrons. The van der Waals surface area contributed by atoms with E-state index in [1.54, 1.807) is 11.3 Å². The van der Waals surface area contributed by atoms with Gasteiger partial charge in [-0.2, -0.15) is 0 Å². The highest BCUT2D eigenvalue weighted by atomic mass is 32.1. The number of amides is 1. The standard InChI is InChI=1S/C24H23NO3S/c26-15-18-13-12-17(29-18)7-5-6-14-25-24(27)28-16-23-21-10-3-1-8-19(21)20-9-2-4-11-22(20)23/h1-5,7-13,23,26H,6,14-16H2,(H,25,27). The maximum atomic E-state index is 12.1. The maximum absolute atomic E-state index is 12.1. The van der Waals surface area contributed by atoms with Gasteiger partial charge in [-0.05, 0) is 46.9 Å². The number of thiophene rings is 1. The van der Waals surface area contributed by atoms with E-state index in [0.29, 0.717) is 13.2 Å². The van der Waals surface area contributed by atoms with Gasteiger partial charge < -0.3 is 15.2 Å². The molecule has 0 unspecified atom stereocenters. The van der Waals surface area contributed by atoms with Gasteiger partial charge in [0.25, 0.3) is 0 Å². The summed E-state index contributed by atoms with van der Waals surface area (Å²) in [5, 5.41) is 11.9. The van der Waals surface area contributed by atoms with E-state index in [0.717, 1.165) is 16.2 Å². The van der Waals surface area contributed by atoms with Crippen molar-refractivity contribution in [3.05, 3.63) is 87.6 Å². The number of nitrogens with one attached hydrogen (secondary N) is 1. The predicted molar refractivity (Wildman–Crippen MR) is 117 cm³/mol. The number of aliphatic hydroxyl groups excluding tert-OH is 1. The first kappa shape index (κ1) is 19.4. The summed E-state index contributed by atoms with van der Waals surface area (Å²) in [5.74, 6) is 0.0765. The van der Waals surface area contributed by atoms with Gasteiger partial charge in [0.1, 0.15) is 6.61 Å². The zero-order valence-electron chi connectivity index (χ0n) is 16.0. The summed E-state index contributed by atoms with van der Waals surface area (Å²) in [6.45, 7) is 0.919. The van der Waals surface area contributed by atoms with E-state index in [2.05, 4.69) is 29.6 Å². The van der Waals surface area contributed by atoms with Crippen molar-refractivity contribution in [3.8, 4) is 11.1 Å². The van der Waals surface area contributed by atoms with E-state index in [1.807, 2.05) is 48.6 Å². The molecule has 4 rings (SSSR count). The van der Waals surface area contributed by atoms with Crippen LogP contribution in [0, 0.1) is 0 Å². The molecule has 0 saturated carbocycles. The van der Waals surface area contributed by atoms with Crippen LogP contribution < -0.4 is 5.32 Å². The minimum atomic E-state index is -0.390. The van der Waals surface area contributed by atoms with Crippen molar-refractivity contribution in [2.24, 2.45) is 0 Å². The molecule has 4 nitrogen and oxygen atoms in total. The van der Waals surface area contributed by atoms with E-state index in [4.69, 9.17) is 9.84 Å². The van der Waals surface area contributed by atoms with Gasteiger partial charge in [0.05, 0.1) is 6.61 Å². The van der Waals surface area contributed by atoms with E-state index >= 15 is 0 Å². The number of ether oxygens (including phenoxy) is 1. The van der Waals surface area contributed by atoms with Crippen LogP contribution in [0.1, 0.15) is 33.2 Å². The molecule has 1 amide bonds. The molecule has 0 spiro atoms. The number of carbonyl (C=O) groups is 1. The van der Waals surface area contributed by atoms with Gasteiger partial charge in [-0.1, -0.05) is 54.6 Å². The molecular weight excluding hydrogens is 382 g/mol. The summed E-state index contributed by atoms with van der Waals surface area (Å²) < 4.78 is 5.52. The van der Waals surface area contributed by atoms with Crippen LogP contribution in [0.4, 0.5) is 4.79 Å². The molecule has 0 aliphatic heterocycles. The van der Waals surface area contributed by atoms with Gasteiger partial charge in [0.15, 0.2) is 0 Å². The lowest BCUT2D eigenvalue weighted by atomic mass is 9.98. The van der Waals surface area contributed by atoms with Crippen molar-refractivity contribution in [2.45, 2.75) is 18.9 Å². The molecule has 0 atom stereocenters. The number of hydrogen-bond donors (Lipinski definition) is 2. The van der Waals surface area contributed by atoms with Crippen LogP contribution in [0.2, 0.25) is 0 Å². The van der Waals surface area contributed by atoms with Crippen LogP contribution in [-0.4, -0.2) is 24.4 Å². The van der Waals surface area contributed by atoms with E-state index < -0.39 is 0 Å². The summed E-state index contributed by atoms with van der Waals surface area (Å²) in [4.78, 5) is 14.2. The lowest BCUT2D eigenvalue weighted by Crippen LogP contribution is -2.26. The average Bonchev–Trinajstić information content (AvgIpc) is 3.34. The smallest absolute Gasteiger partial charge is 0.407 e. The fourth-order valence-corrected chi connectivity index (χ4v) is 4.48. The molecule has 2 aromatic carbocycles. The molecule has 0 saturated heterocycles. The molecule has 1 aromatic heterocycles. The Morgan fingerprint density at radius 2 is 1.72 bits per heavy atom. The lowest BCUT2D eigenvalue weighted by Gasteiger charge is -2.14. The van der Waals surface area contributed by atoms with Crippen LogP contribution >= 0.6 is 11.3 Å². The Morgan fingerprint density at radius 3 is 2.38 bits per heavy atom. The summed E-state index contributed by atoms with van der Waals surface area (Å²) in [7, 11) is 0. The Labute approximate surface area is 174 Å². The molecule has 0 bridgehead atoms. The highest BCUT2D eigenvalue weighted by molar-refractivity contribution is 7.12. The van der Waals surface area contributed by atoms with Crippen LogP contribution in [0.3, 0.4) is 0 Å². The van der Waals surface area contributed by atoms with Gasteiger partial charge in [-0.25, -0.2) is 4.79 Å². The highest BCUT2D eigenvalue weighted by Gasteiger charge is 2.28. The third-order valence-corrected chi connectivity index (χ3v) is 6.08. The molecule has 0 radical (unpaired) electrons. The van der Waals surface area contributed by atoms with Crippen molar-refractivity contribution in [1.29, 1.82) is 0 Å². The second kappa shape index (κ2) is 9.07. The Bertz CT molecular complexity index is 979. The molecule has 3 aromatic rings. The van der Waals surface area contributed by atoms with Crippen LogP contribution in [0.15, 0.2) is 66.7 Å². The van der Waals surface area contributed by atoms with Crippen molar-refractivity contribution in [1.82, 2.24) is 5.32 Å².